The van der Waals surface area contributed by atoms with Crippen LogP contribution in [0, 0.1) is 0 Å². The molecule has 4 heteroatoms. The Morgan fingerprint density at radius 1 is 0.564 bits per heavy atom. The van der Waals surface area contributed by atoms with Gasteiger partial charge in [0.1, 0.15) is 6.10 Å². The molecule has 4 nitrogen and oxygen atoms in total. The minimum absolute atomic E-state index is 0.0199. The van der Waals surface area contributed by atoms with Gasteiger partial charge < -0.3 is 9.84 Å². The van der Waals surface area contributed by atoms with E-state index in [-0.39, 0.29) is 18.5 Å². The Kier molecular flexibility index (Phi) is 29.7. The smallest absolute Gasteiger partial charge is 0.306 e. The van der Waals surface area contributed by atoms with E-state index in [1.807, 2.05) is 0 Å². The maximum atomic E-state index is 12.5. The van der Waals surface area contributed by atoms with E-state index in [0.29, 0.717) is 6.42 Å². The van der Waals surface area contributed by atoms with Crippen LogP contribution in [0.3, 0.4) is 0 Å². The van der Waals surface area contributed by atoms with E-state index in [1.54, 1.807) is 0 Å². The second-order valence-corrected chi connectivity index (χ2v) is 11.3. The summed E-state index contributed by atoms with van der Waals surface area (Å²) in [4.78, 5) is 23.2. The van der Waals surface area contributed by atoms with Crippen molar-refractivity contribution in [2.75, 3.05) is 0 Å². The first kappa shape index (κ1) is 37.4. The van der Waals surface area contributed by atoms with Crippen LogP contribution in [0.5, 0.6) is 0 Å². The molecule has 1 N–H and O–H groups in total. The van der Waals surface area contributed by atoms with Crippen molar-refractivity contribution in [1.82, 2.24) is 0 Å². The van der Waals surface area contributed by atoms with Crippen LogP contribution in [0.4, 0.5) is 0 Å². The number of hydrogen-bond donors (Lipinski definition) is 1. The number of esters is 1. The lowest BCUT2D eigenvalue weighted by Gasteiger charge is -2.18. The first-order chi connectivity index (χ1) is 19.1. The molecule has 0 radical (unpaired) electrons. The van der Waals surface area contributed by atoms with Gasteiger partial charge in [-0.1, -0.05) is 128 Å². The first-order valence-corrected chi connectivity index (χ1v) is 16.8. The van der Waals surface area contributed by atoms with Crippen molar-refractivity contribution in [3.8, 4) is 0 Å². The van der Waals surface area contributed by atoms with Gasteiger partial charge in [-0.15, -0.1) is 0 Å². The lowest BCUT2D eigenvalue weighted by molar-refractivity contribution is -0.150. The van der Waals surface area contributed by atoms with Gasteiger partial charge in [0, 0.05) is 12.8 Å². The van der Waals surface area contributed by atoms with Gasteiger partial charge in [0.05, 0.1) is 0 Å². The fourth-order valence-electron chi connectivity index (χ4n) is 4.92. The predicted octanol–water partition coefficient (Wildman–Crippen LogP) is 11.3. The molecule has 0 heterocycles. The Bertz CT molecular complexity index is 595. The van der Waals surface area contributed by atoms with E-state index >= 15 is 0 Å². The molecule has 1 unspecified atom stereocenters. The Labute approximate surface area is 242 Å². The molecule has 0 aliphatic heterocycles. The quantitative estimate of drug-likeness (QED) is 0.0550. The highest BCUT2D eigenvalue weighted by Gasteiger charge is 2.14. The van der Waals surface area contributed by atoms with Crippen molar-refractivity contribution >= 4 is 11.9 Å². The van der Waals surface area contributed by atoms with Crippen LogP contribution in [-0.4, -0.2) is 23.1 Å². The third-order valence-electron chi connectivity index (χ3n) is 7.43. The van der Waals surface area contributed by atoms with Crippen LogP contribution in [0.15, 0.2) is 24.3 Å². The van der Waals surface area contributed by atoms with Gasteiger partial charge in [0.25, 0.3) is 0 Å². The summed E-state index contributed by atoms with van der Waals surface area (Å²) in [5.41, 5.74) is 0. The molecule has 0 spiro atoms. The lowest BCUT2D eigenvalue weighted by Crippen LogP contribution is -2.18. The summed E-state index contributed by atoms with van der Waals surface area (Å²) in [6, 6.07) is 0. The van der Waals surface area contributed by atoms with E-state index in [0.717, 1.165) is 77.0 Å². The maximum absolute atomic E-state index is 12.5. The molecular weight excluding hydrogens is 484 g/mol. The molecule has 0 amide bonds. The van der Waals surface area contributed by atoms with Crippen LogP contribution in [0.25, 0.3) is 0 Å². The number of rotatable bonds is 30. The zero-order chi connectivity index (χ0) is 28.7. The number of aliphatic carboxylic acids is 1. The molecule has 0 aliphatic rings. The highest BCUT2D eigenvalue weighted by Crippen LogP contribution is 2.17. The molecule has 1 atom stereocenters. The van der Waals surface area contributed by atoms with Crippen molar-refractivity contribution in [1.29, 1.82) is 0 Å². The SMILES string of the molecule is CCCCC/C=C\C/C=C\CCCC(CCCCCCCC(=O)O)OC(=O)CCCCCCCCCCCC. The van der Waals surface area contributed by atoms with E-state index in [2.05, 4.69) is 38.2 Å². The zero-order valence-corrected chi connectivity index (χ0v) is 25.9. The van der Waals surface area contributed by atoms with E-state index in [4.69, 9.17) is 9.84 Å². The molecular formula is C35H64O4. The highest BCUT2D eigenvalue weighted by molar-refractivity contribution is 5.69. The molecule has 0 rings (SSSR count). The third-order valence-corrected chi connectivity index (χ3v) is 7.43. The number of carbonyl (C=O) groups excluding carboxylic acids is 1. The van der Waals surface area contributed by atoms with Crippen LogP contribution in [-0.2, 0) is 14.3 Å². The zero-order valence-electron chi connectivity index (χ0n) is 25.9. The summed E-state index contributed by atoms with van der Waals surface area (Å²) in [5, 5.41) is 8.77. The summed E-state index contributed by atoms with van der Waals surface area (Å²) in [7, 11) is 0. The van der Waals surface area contributed by atoms with Crippen LogP contribution >= 0.6 is 0 Å². The second kappa shape index (κ2) is 31.0. The number of carbonyl (C=O) groups is 2. The summed E-state index contributed by atoms with van der Waals surface area (Å²) in [5.74, 6) is -0.730. The van der Waals surface area contributed by atoms with Crippen molar-refractivity contribution in [3.63, 3.8) is 0 Å². The lowest BCUT2D eigenvalue weighted by atomic mass is 10.0. The fraction of sp³-hybridized carbons (Fsp3) is 0.829. The number of unbranched alkanes of at least 4 members (excludes halogenated alkanes) is 17. The minimum Gasteiger partial charge on any atom is -0.481 e. The Morgan fingerprint density at radius 3 is 1.62 bits per heavy atom. The second-order valence-electron chi connectivity index (χ2n) is 11.3. The Balaban J connectivity index is 4.16. The molecule has 39 heavy (non-hydrogen) atoms. The van der Waals surface area contributed by atoms with Gasteiger partial charge in [0.2, 0.25) is 0 Å². The fourth-order valence-corrected chi connectivity index (χ4v) is 4.92. The Hall–Kier alpha value is -1.58. The normalized spacial score (nSPS) is 12.5. The summed E-state index contributed by atoms with van der Waals surface area (Å²) >= 11 is 0. The molecule has 0 aromatic heterocycles. The highest BCUT2D eigenvalue weighted by atomic mass is 16.5. The first-order valence-electron chi connectivity index (χ1n) is 16.8. The van der Waals surface area contributed by atoms with Crippen LogP contribution < -0.4 is 0 Å². The average Bonchev–Trinajstić information content (AvgIpc) is 2.91. The maximum Gasteiger partial charge on any atom is 0.306 e. The van der Waals surface area contributed by atoms with Gasteiger partial charge in [-0.3, -0.25) is 9.59 Å². The summed E-state index contributed by atoms with van der Waals surface area (Å²) in [6.07, 6.45) is 37.5. The number of ether oxygens (including phenoxy) is 1. The topological polar surface area (TPSA) is 63.6 Å². The molecule has 0 aromatic carbocycles. The van der Waals surface area contributed by atoms with E-state index < -0.39 is 5.97 Å². The average molecular weight is 549 g/mol. The van der Waals surface area contributed by atoms with E-state index in [1.165, 1.54) is 77.0 Å². The summed E-state index contributed by atoms with van der Waals surface area (Å²) < 4.78 is 5.93. The van der Waals surface area contributed by atoms with Crippen molar-refractivity contribution in [2.45, 2.75) is 187 Å². The van der Waals surface area contributed by atoms with Crippen molar-refractivity contribution in [2.24, 2.45) is 0 Å². The van der Waals surface area contributed by atoms with Gasteiger partial charge in [-0.25, -0.2) is 0 Å². The molecule has 0 aromatic rings. The van der Waals surface area contributed by atoms with Gasteiger partial charge in [0.15, 0.2) is 0 Å². The van der Waals surface area contributed by atoms with Crippen LogP contribution in [0.1, 0.15) is 181 Å². The standard InChI is InChI=1S/C35H64O4/c1-3-5-7-9-11-13-15-16-18-21-25-29-33(30-26-22-20-23-27-31-34(36)37)39-35(38)32-28-24-19-17-14-12-10-8-6-4-2/h11,13,16,18,33H,3-10,12,14-15,17,19-32H2,1-2H3,(H,36,37)/b13-11-,18-16-. The number of carboxylic acid groups (broad SMARTS) is 1. The minimum atomic E-state index is -0.707. The van der Waals surface area contributed by atoms with Crippen LogP contribution in [0.2, 0.25) is 0 Å². The monoisotopic (exact) mass is 548 g/mol. The third kappa shape index (κ3) is 30.8. The number of carboxylic acids is 1. The molecule has 228 valence electrons. The largest absolute Gasteiger partial charge is 0.481 e. The molecule has 0 saturated heterocycles. The molecule has 0 saturated carbocycles. The molecule has 0 fully saturated rings. The summed E-state index contributed by atoms with van der Waals surface area (Å²) in [6.45, 7) is 4.50. The van der Waals surface area contributed by atoms with E-state index in [9.17, 15) is 9.59 Å². The van der Waals surface area contributed by atoms with Crippen molar-refractivity contribution < 1.29 is 19.4 Å². The molecule has 0 bridgehead atoms. The van der Waals surface area contributed by atoms with Gasteiger partial charge in [-0.2, -0.15) is 0 Å². The number of hydrogen-bond acceptors (Lipinski definition) is 3. The van der Waals surface area contributed by atoms with Gasteiger partial charge >= 0.3 is 11.9 Å². The van der Waals surface area contributed by atoms with Crippen molar-refractivity contribution in [3.05, 3.63) is 24.3 Å². The molecule has 0 aliphatic carbocycles. The predicted molar refractivity (Wildman–Crippen MR) is 167 cm³/mol. The van der Waals surface area contributed by atoms with Gasteiger partial charge in [-0.05, 0) is 64.2 Å². The number of allylic oxidation sites excluding steroid dienone is 4. The Morgan fingerprint density at radius 2 is 1.03 bits per heavy atom.